The van der Waals surface area contributed by atoms with Crippen molar-refractivity contribution in [3.05, 3.63) is 35.4 Å². The Bertz CT molecular complexity index is 821. The first-order chi connectivity index (χ1) is 12.5. The molecule has 27 heavy (non-hydrogen) atoms. The minimum Gasteiger partial charge on any atom is -0.444 e. The van der Waals surface area contributed by atoms with Crippen molar-refractivity contribution >= 4 is 21.8 Å². The molecule has 0 saturated heterocycles. The monoisotopic (exact) mass is 395 g/mol. The van der Waals surface area contributed by atoms with Gasteiger partial charge in [0.25, 0.3) is 10.1 Å². The summed E-state index contributed by atoms with van der Waals surface area (Å²) in [4.78, 5) is 12.1. The minimum atomic E-state index is -3.79. The summed E-state index contributed by atoms with van der Waals surface area (Å²) in [5.41, 5.74) is 2.08. The number of hydrogen-bond acceptors (Lipinski definition) is 5. The van der Waals surface area contributed by atoms with Gasteiger partial charge in [-0.3, -0.25) is 4.18 Å². The number of nitrogens with one attached hydrogen (secondary N) is 1. The summed E-state index contributed by atoms with van der Waals surface area (Å²) in [6, 6.07) is 5.22. The van der Waals surface area contributed by atoms with E-state index in [0.717, 1.165) is 11.1 Å². The molecule has 1 atom stereocenters. The maximum Gasteiger partial charge on any atom is 0.407 e. The third-order valence-electron chi connectivity index (χ3n) is 4.16. The zero-order valence-corrected chi connectivity index (χ0v) is 17.5. The van der Waals surface area contributed by atoms with Gasteiger partial charge in [0.1, 0.15) is 10.5 Å². The topological polar surface area (TPSA) is 81.7 Å². The molecule has 0 aromatic heterocycles. The molecule has 1 aliphatic rings. The molecule has 2 rings (SSSR count). The number of rotatable bonds is 5. The quantitative estimate of drug-likeness (QED) is 0.756. The average Bonchev–Trinajstić information content (AvgIpc) is 2.53. The summed E-state index contributed by atoms with van der Waals surface area (Å²) >= 11 is 0. The van der Waals surface area contributed by atoms with Crippen molar-refractivity contribution in [2.24, 2.45) is 0 Å². The van der Waals surface area contributed by atoms with Gasteiger partial charge in [0.2, 0.25) is 0 Å². The highest BCUT2D eigenvalue weighted by atomic mass is 32.2. The molecular formula is C20H29NO5S. The Morgan fingerprint density at radius 3 is 2.56 bits per heavy atom. The number of benzene rings is 1. The fourth-order valence-corrected chi connectivity index (χ4v) is 4.15. The number of hydrogen-bond donors (Lipinski definition) is 1. The van der Waals surface area contributed by atoms with Crippen LogP contribution >= 0.6 is 0 Å². The molecule has 1 aliphatic carbocycles. The van der Waals surface area contributed by atoms with Crippen molar-refractivity contribution in [3.63, 3.8) is 0 Å². The Morgan fingerprint density at radius 1 is 1.30 bits per heavy atom. The zero-order valence-electron chi connectivity index (χ0n) is 16.7. The maximum atomic E-state index is 12.4. The van der Waals surface area contributed by atoms with Gasteiger partial charge in [-0.25, -0.2) is 4.79 Å². The maximum absolute atomic E-state index is 12.4. The summed E-state index contributed by atoms with van der Waals surface area (Å²) in [7, 11) is -3.79. The fraction of sp³-hybridized carbons (Fsp3) is 0.550. The number of carbonyl (C=O) groups excluding carboxylic acids is 1. The van der Waals surface area contributed by atoms with Crippen LogP contribution in [0, 0.1) is 6.92 Å². The lowest BCUT2D eigenvalue weighted by Crippen LogP contribution is -2.39. The van der Waals surface area contributed by atoms with Crippen LogP contribution in [0.3, 0.4) is 0 Å². The van der Waals surface area contributed by atoms with Crippen LogP contribution in [0.25, 0.3) is 5.57 Å². The predicted molar refractivity (Wildman–Crippen MR) is 105 cm³/mol. The van der Waals surface area contributed by atoms with Gasteiger partial charge in [0.05, 0.1) is 6.61 Å². The van der Waals surface area contributed by atoms with E-state index in [-0.39, 0.29) is 17.5 Å². The highest BCUT2D eigenvalue weighted by Gasteiger charge is 2.25. The van der Waals surface area contributed by atoms with Crippen molar-refractivity contribution in [1.29, 1.82) is 0 Å². The number of carbonyl (C=O) groups is 1. The molecule has 1 aromatic carbocycles. The molecule has 150 valence electrons. The number of ether oxygens (including phenoxy) is 1. The van der Waals surface area contributed by atoms with Gasteiger partial charge in [-0.15, -0.1) is 0 Å². The molecule has 1 amide bonds. The molecule has 0 fully saturated rings. The highest BCUT2D eigenvalue weighted by molar-refractivity contribution is 7.86. The van der Waals surface area contributed by atoms with Gasteiger partial charge in [-0.1, -0.05) is 23.8 Å². The van der Waals surface area contributed by atoms with Gasteiger partial charge in [-0.05, 0) is 71.1 Å². The van der Waals surface area contributed by atoms with Crippen LogP contribution in [0.5, 0.6) is 0 Å². The van der Waals surface area contributed by atoms with E-state index in [2.05, 4.69) is 5.32 Å². The first-order valence-electron chi connectivity index (χ1n) is 9.21. The molecular weight excluding hydrogens is 366 g/mol. The average molecular weight is 396 g/mol. The van der Waals surface area contributed by atoms with E-state index in [9.17, 15) is 13.2 Å². The van der Waals surface area contributed by atoms with Crippen LogP contribution in [0.1, 0.15) is 58.1 Å². The Hall–Kier alpha value is -1.86. The normalized spacial score (nSPS) is 18.0. The molecule has 0 radical (unpaired) electrons. The van der Waals surface area contributed by atoms with Crippen LogP contribution in [0.4, 0.5) is 4.79 Å². The highest BCUT2D eigenvalue weighted by Crippen LogP contribution is 2.33. The molecule has 1 N–H and O–H groups in total. The Balaban J connectivity index is 2.18. The van der Waals surface area contributed by atoms with E-state index in [1.165, 1.54) is 0 Å². The summed E-state index contributed by atoms with van der Waals surface area (Å²) in [6.07, 6.45) is 3.56. The molecule has 0 heterocycles. The third-order valence-corrected chi connectivity index (χ3v) is 5.60. The molecule has 6 nitrogen and oxygen atoms in total. The second-order valence-electron chi connectivity index (χ2n) is 7.71. The molecule has 0 aliphatic heterocycles. The summed E-state index contributed by atoms with van der Waals surface area (Å²) in [5.74, 6) is 0. The lowest BCUT2D eigenvalue weighted by atomic mass is 9.90. The lowest BCUT2D eigenvalue weighted by Gasteiger charge is -2.26. The Morgan fingerprint density at radius 2 is 2.00 bits per heavy atom. The predicted octanol–water partition coefficient (Wildman–Crippen LogP) is 4.18. The van der Waals surface area contributed by atoms with Crippen molar-refractivity contribution in [2.75, 3.05) is 6.61 Å². The van der Waals surface area contributed by atoms with E-state index < -0.39 is 21.8 Å². The van der Waals surface area contributed by atoms with Gasteiger partial charge in [-0.2, -0.15) is 8.42 Å². The Kier molecular flexibility index (Phi) is 6.70. The van der Waals surface area contributed by atoms with Crippen molar-refractivity contribution < 1.29 is 22.1 Å². The zero-order chi connectivity index (χ0) is 20.2. The second kappa shape index (κ2) is 8.44. The van der Waals surface area contributed by atoms with Gasteiger partial charge in [0.15, 0.2) is 0 Å². The van der Waals surface area contributed by atoms with E-state index in [1.807, 2.05) is 39.8 Å². The van der Waals surface area contributed by atoms with E-state index in [0.29, 0.717) is 24.8 Å². The second-order valence-corrected chi connectivity index (χ2v) is 9.29. The summed E-state index contributed by atoms with van der Waals surface area (Å²) in [6.45, 7) is 9.14. The standard InChI is InChI=1S/C20H29NO5S/c1-6-25-27(23,24)18-12-7-14(2)13-17(18)15-8-10-16(11-9-15)21-19(22)26-20(3,4)5/h7-8,12-13,16H,6,9-11H2,1-5H3,(H,21,22). The minimum absolute atomic E-state index is 0.0274. The SMILES string of the molecule is CCOS(=O)(=O)c1ccc(C)cc1C1=CCC(NC(=O)OC(C)(C)C)CC1. The van der Waals surface area contributed by atoms with E-state index in [1.54, 1.807) is 19.1 Å². The molecule has 1 aromatic rings. The van der Waals surface area contributed by atoms with Gasteiger partial charge in [0, 0.05) is 6.04 Å². The largest absolute Gasteiger partial charge is 0.444 e. The Labute approximate surface area is 162 Å². The van der Waals surface area contributed by atoms with Gasteiger partial charge >= 0.3 is 6.09 Å². The summed E-state index contributed by atoms with van der Waals surface area (Å²) in [5, 5.41) is 2.88. The summed E-state index contributed by atoms with van der Waals surface area (Å²) < 4.78 is 35.1. The van der Waals surface area contributed by atoms with E-state index >= 15 is 0 Å². The lowest BCUT2D eigenvalue weighted by molar-refractivity contribution is 0.0502. The van der Waals surface area contributed by atoms with Crippen molar-refractivity contribution in [1.82, 2.24) is 5.32 Å². The van der Waals surface area contributed by atoms with Crippen molar-refractivity contribution in [2.45, 2.75) is 70.4 Å². The first-order valence-corrected chi connectivity index (χ1v) is 10.6. The number of allylic oxidation sites excluding steroid dienone is 1. The molecule has 7 heteroatoms. The third kappa shape index (κ3) is 6.07. The molecule has 0 spiro atoms. The van der Waals surface area contributed by atoms with Crippen LogP contribution in [-0.4, -0.2) is 32.8 Å². The van der Waals surface area contributed by atoms with Gasteiger partial charge < -0.3 is 10.1 Å². The molecule has 0 saturated carbocycles. The van der Waals surface area contributed by atoms with Crippen LogP contribution in [0.2, 0.25) is 0 Å². The van der Waals surface area contributed by atoms with Crippen LogP contribution in [-0.2, 0) is 19.0 Å². The fourth-order valence-electron chi connectivity index (χ4n) is 3.02. The van der Waals surface area contributed by atoms with E-state index in [4.69, 9.17) is 8.92 Å². The first kappa shape index (κ1) is 21.4. The molecule has 1 unspecified atom stereocenters. The number of amides is 1. The number of alkyl carbamates (subject to hydrolysis) is 1. The smallest absolute Gasteiger partial charge is 0.407 e. The number of aryl methyl sites for hydroxylation is 1. The van der Waals surface area contributed by atoms with Crippen molar-refractivity contribution in [3.8, 4) is 0 Å². The van der Waals surface area contributed by atoms with Crippen LogP contribution < -0.4 is 5.32 Å². The molecule has 0 bridgehead atoms. The van der Waals surface area contributed by atoms with Crippen LogP contribution in [0.15, 0.2) is 29.2 Å².